The molecule has 3 aromatic rings. The smallest absolute Gasteiger partial charge is 0.250 e. The average Bonchev–Trinajstić information content (AvgIpc) is 2.79. The predicted octanol–water partition coefficient (Wildman–Crippen LogP) is 4.42. The molecule has 2 N–H and O–H groups in total. The van der Waals surface area contributed by atoms with Crippen molar-refractivity contribution in [1.29, 1.82) is 0 Å². The van der Waals surface area contributed by atoms with Crippen molar-refractivity contribution in [2.24, 2.45) is 4.99 Å². The highest BCUT2D eigenvalue weighted by Crippen LogP contribution is 2.20. The number of hydrogen-bond acceptors (Lipinski definition) is 3. The minimum absolute atomic E-state index is 0. The number of rotatable bonds is 11. The maximum Gasteiger partial charge on any atom is 0.250 e. The number of benzene rings is 2. The molecule has 3 rings (SSSR count). The maximum atomic E-state index is 11.7. The molecule has 172 valence electrons. The van der Waals surface area contributed by atoms with Gasteiger partial charge in [0.1, 0.15) is 5.75 Å². The lowest BCUT2D eigenvalue weighted by Gasteiger charge is -2.12. The van der Waals surface area contributed by atoms with Crippen LogP contribution < -0.4 is 20.9 Å². The number of aliphatic imine (C=N–C) groups is 1. The maximum absolute atomic E-state index is 11.7. The van der Waals surface area contributed by atoms with Gasteiger partial charge in [-0.05, 0) is 48.7 Å². The fourth-order valence-electron chi connectivity index (χ4n) is 3.30. The molecule has 0 aliphatic carbocycles. The largest absolute Gasteiger partial charge is 0.494 e. The van der Waals surface area contributed by atoms with E-state index in [0.29, 0.717) is 13.2 Å². The Hall–Kier alpha value is -2.55. The van der Waals surface area contributed by atoms with Gasteiger partial charge < -0.3 is 19.9 Å². The molecule has 0 fully saturated rings. The number of ether oxygens (including phenoxy) is 1. The van der Waals surface area contributed by atoms with E-state index in [1.54, 1.807) is 16.7 Å². The molecule has 0 bridgehead atoms. The summed E-state index contributed by atoms with van der Waals surface area (Å²) >= 11 is 0. The zero-order valence-electron chi connectivity index (χ0n) is 18.6. The Labute approximate surface area is 207 Å². The molecule has 0 saturated carbocycles. The first-order chi connectivity index (χ1) is 15.3. The second-order valence-electron chi connectivity index (χ2n) is 7.34. The van der Waals surface area contributed by atoms with Crippen molar-refractivity contribution in [3.8, 4) is 5.75 Å². The fraction of sp³-hybridized carbons (Fsp3) is 0.360. The van der Waals surface area contributed by atoms with E-state index in [9.17, 15) is 4.79 Å². The van der Waals surface area contributed by atoms with Crippen LogP contribution in [0.2, 0.25) is 0 Å². The Kier molecular flexibility index (Phi) is 11.6. The van der Waals surface area contributed by atoms with Gasteiger partial charge in [-0.15, -0.1) is 24.0 Å². The zero-order valence-corrected chi connectivity index (χ0v) is 21.0. The van der Waals surface area contributed by atoms with Gasteiger partial charge in [0, 0.05) is 44.9 Å². The van der Waals surface area contributed by atoms with Gasteiger partial charge >= 0.3 is 0 Å². The number of unbranched alkanes of at least 4 members (excludes halogenated alkanes) is 1. The van der Waals surface area contributed by atoms with Crippen molar-refractivity contribution < 1.29 is 4.74 Å². The second kappa shape index (κ2) is 14.5. The quantitative estimate of drug-likeness (QED) is 0.161. The van der Waals surface area contributed by atoms with E-state index in [4.69, 9.17) is 4.74 Å². The van der Waals surface area contributed by atoms with E-state index < -0.39 is 0 Å². The first-order valence-electron chi connectivity index (χ1n) is 11.1. The van der Waals surface area contributed by atoms with E-state index in [1.165, 1.54) is 10.8 Å². The summed E-state index contributed by atoms with van der Waals surface area (Å²) in [6.45, 7) is 5.76. The number of pyridine rings is 1. The minimum atomic E-state index is 0. The van der Waals surface area contributed by atoms with Crippen LogP contribution in [0, 0.1) is 0 Å². The van der Waals surface area contributed by atoms with Crippen molar-refractivity contribution in [2.45, 2.75) is 32.7 Å². The number of guanidine groups is 1. The van der Waals surface area contributed by atoms with Crippen molar-refractivity contribution in [2.75, 3.05) is 26.2 Å². The summed E-state index contributed by atoms with van der Waals surface area (Å²) in [6.07, 6.45) is 4.59. The van der Waals surface area contributed by atoms with Crippen LogP contribution in [-0.4, -0.2) is 36.8 Å². The van der Waals surface area contributed by atoms with Gasteiger partial charge in [0.25, 0.3) is 0 Å². The molecule has 6 nitrogen and oxygen atoms in total. The van der Waals surface area contributed by atoms with Gasteiger partial charge in [-0.25, -0.2) is 0 Å². The molecule has 7 heteroatoms. The first-order valence-corrected chi connectivity index (χ1v) is 11.1. The van der Waals surface area contributed by atoms with Crippen LogP contribution in [0.3, 0.4) is 0 Å². The Morgan fingerprint density at radius 1 is 0.969 bits per heavy atom. The van der Waals surface area contributed by atoms with Gasteiger partial charge in [0.05, 0.1) is 6.61 Å². The Morgan fingerprint density at radius 3 is 2.59 bits per heavy atom. The molecular weight excluding hydrogens is 515 g/mol. The number of aromatic nitrogens is 1. The van der Waals surface area contributed by atoms with Gasteiger partial charge in [-0.2, -0.15) is 0 Å². The number of fused-ring (bicyclic) bond motifs is 1. The minimum Gasteiger partial charge on any atom is -0.494 e. The van der Waals surface area contributed by atoms with E-state index in [1.807, 2.05) is 30.5 Å². The van der Waals surface area contributed by atoms with Gasteiger partial charge in [0.2, 0.25) is 5.56 Å². The lowest BCUT2D eigenvalue weighted by molar-refractivity contribution is 0.314. The van der Waals surface area contributed by atoms with E-state index in [2.05, 4.69) is 46.8 Å². The summed E-state index contributed by atoms with van der Waals surface area (Å²) in [5.41, 5.74) is 0.0521. The molecule has 32 heavy (non-hydrogen) atoms. The van der Waals surface area contributed by atoms with Crippen LogP contribution in [-0.2, 0) is 6.54 Å². The van der Waals surface area contributed by atoms with Gasteiger partial charge in [0.15, 0.2) is 5.96 Å². The van der Waals surface area contributed by atoms with Crippen molar-refractivity contribution in [3.63, 3.8) is 0 Å². The normalized spacial score (nSPS) is 11.1. The van der Waals surface area contributed by atoms with Crippen LogP contribution in [0.4, 0.5) is 0 Å². The SMILES string of the molecule is CCNC(=NCCCOc1ccc2ccccc2c1)NCCCCn1ccccc1=O.I. The number of aryl methyl sites for hydroxylation is 1. The predicted molar refractivity (Wildman–Crippen MR) is 143 cm³/mol. The highest BCUT2D eigenvalue weighted by molar-refractivity contribution is 14.0. The van der Waals surface area contributed by atoms with Crippen molar-refractivity contribution in [1.82, 2.24) is 15.2 Å². The van der Waals surface area contributed by atoms with Gasteiger partial charge in [-0.3, -0.25) is 9.79 Å². The molecule has 0 saturated heterocycles. The molecule has 0 aliphatic rings. The number of hydrogen-bond donors (Lipinski definition) is 2. The van der Waals surface area contributed by atoms with Crippen LogP contribution in [0.1, 0.15) is 26.2 Å². The zero-order chi connectivity index (χ0) is 21.7. The summed E-state index contributed by atoms with van der Waals surface area (Å²) in [5.74, 6) is 1.72. The Balaban J connectivity index is 0.00000363. The monoisotopic (exact) mass is 548 g/mol. The molecule has 0 amide bonds. The highest BCUT2D eigenvalue weighted by atomic mass is 127. The number of nitrogens with one attached hydrogen (secondary N) is 2. The van der Waals surface area contributed by atoms with Gasteiger partial charge in [-0.1, -0.05) is 36.4 Å². The molecule has 0 spiro atoms. The molecule has 0 aliphatic heterocycles. The van der Waals surface area contributed by atoms with Crippen LogP contribution in [0.25, 0.3) is 10.8 Å². The molecule has 0 radical (unpaired) electrons. The third-order valence-electron chi connectivity index (χ3n) is 4.92. The van der Waals surface area contributed by atoms with Crippen LogP contribution >= 0.6 is 24.0 Å². The third-order valence-corrected chi connectivity index (χ3v) is 4.92. The lowest BCUT2D eigenvalue weighted by atomic mass is 10.1. The van der Waals surface area contributed by atoms with Crippen molar-refractivity contribution in [3.05, 3.63) is 77.2 Å². The standard InChI is InChI=1S/C25H32N4O2.HI/c1-2-26-25(27-15-6-8-18-29-17-7-5-12-24(29)30)28-16-9-19-31-23-14-13-21-10-3-4-11-22(21)20-23;/h3-5,7,10-14,17,20H,2,6,8-9,15-16,18-19H2,1H3,(H2,26,27,28);1H. The van der Waals surface area contributed by atoms with Crippen LogP contribution in [0.15, 0.2) is 76.6 Å². The summed E-state index contributed by atoms with van der Waals surface area (Å²) in [6, 6.07) is 19.7. The van der Waals surface area contributed by atoms with E-state index in [-0.39, 0.29) is 29.5 Å². The van der Waals surface area contributed by atoms with Crippen LogP contribution in [0.5, 0.6) is 5.75 Å². The molecule has 1 heterocycles. The summed E-state index contributed by atoms with van der Waals surface area (Å²) < 4.78 is 7.63. The number of nitrogens with zero attached hydrogens (tertiary/aromatic N) is 2. The summed E-state index contributed by atoms with van der Waals surface area (Å²) in [5, 5.41) is 9.04. The fourth-order valence-corrected chi connectivity index (χ4v) is 3.30. The van der Waals surface area contributed by atoms with E-state index >= 15 is 0 Å². The summed E-state index contributed by atoms with van der Waals surface area (Å²) in [4.78, 5) is 16.3. The first kappa shape index (κ1) is 25.7. The topological polar surface area (TPSA) is 67.7 Å². The summed E-state index contributed by atoms with van der Waals surface area (Å²) in [7, 11) is 0. The second-order valence-corrected chi connectivity index (χ2v) is 7.34. The number of halogens is 1. The average molecular weight is 548 g/mol. The molecule has 0 atom stereocenters. The lowest BCUT2D eigenvalue weighted by Crippen LogP contribution is -2.38. The van der Waals surface area contributed by atoms with E-state index in [0.717, 1.165) is 50.6 Å². The highest BCUT2D eigenvalue weighted by Gasteiger charge is 2.00. The molecule has 2 aromatic carbocycles. The Morgan fingerprint density at radius 2 is 1.78 bits per heavy atom. The molecule has 0 unspecified atom stereocenters. The Bertz CT molecular complexity index is 1040. The third kappa shape index (κ3) is 8.53. The molecule has 1 aromatic heterocycles. The van der Waals surface area contributed by atoms with Crippen molar-refractivity contribution >= 4 is 40.7 Å². The molecular formula is C25H33IN4O2.